The molecule has 0 aliphatic heterocycles. The van der Waals surface area contributed by atoms with Crippen molar-refractivity contribution in [2.24, 2.45) is 0 Å². The molecule has 2 aromatic carbocycles. The Morgan fingerprint density at radius 1 is 1.00 bits per heavy atom. The molecule has 1 amide bonds. The summed E-state index contributed by atoms with van der Waals surface area (Å²) in [7, 11) is 0. The number of carbonyl (C=O) groups excluding carboxylic acids is 1. The maximum atomic E-state index is 12.4. The molecule has 4 heteroatoms. The average molecular weight is 377 g/mol. The van der Waals surface area contributed by atoms with Crippen molar-refractivity contribution in [2.75, 3.05) is 0 Å². The number of carbonyl (C=O) groups is 1. The van der Waals surface area contributed by atoms with Crippen LogP contribution in [0.3, 0.4) is 0 Å². The van der Waals surface area contributed by atoms with Crippen LogP contribution in [0.15, 0.2) is 71.1 Å². The molecule has 0 spiro atoms. The molecule has 1 heterocycles. The number of ether oxygens (including phenoxy) is 1. The van der Waals surface area contributed by atoms with Gasteiger partial charge in [-0.05, 0) is 47.7 Å². The maximum absolute atomic E-state index is 12.4. The van der Waals surface area contributed by atoms with E-state index in [0.717, 1.165) is 11.3 Å². The zero-order valence-electron chi connectivity index (χ0n) is 16.9. The molecule has 0 fully saturated rings. The van der Waals surface area contributed by atoms with Crippen LogP contribution in [-0.4, -0.2) is 5.91 Å². The Morgan fingerprint density at radius 2 is 1.68 bits per heavy atom. The predicted octanol–water partition coefficient (Wildman–Crippen LogP) is 5.65. The number of hydrogen-bond donors (Lipinski definition) is 1. The first kappa shape index (κ1) is 19.7. The van der Waals surface area contributed by atoms with E-state index in [1.54, 1.807) is 12.1 Å². The van der Waals surface area contributed by atoms with E-state index in [2.05, 4.69) is 38.2 Å². The molecule has 28 heavy (non-hydrogen) atoms. The van der Waals surface area contributed by atoms with Gasteiger partial charge in [0.05, 0.1) is 6.04 Å². The molecule has 0 saturated heterocycles. The molecule has 3 aromatic rings. The molecule has 1 N–H and O–H groups in total. The molecule has 1 aromatic heterocycles. The number of benzene rings is 2. The van der Waals surface area contributed by atoms with E-state index in [9.17, 15) is 4.79 Å². The predicted molar refractivity (Wildman–Crippen MR) is 111 cm³/mol. The Labute approximate surface area is 166 Å². The summed E-state index contributed by atoms with van der Waals surface area (Å²) >= 11 is 0. The summed E-state index contributed by atoms with van der Waals surface area (Å²) < 4.78 is 11.4. The third-order valence-corrected chi connectivity index (χ3v) is 4.63. The van der Waals surface area contributed by atoms with E-state index in [-0.39, 0.29) is 29.7 Å². The van der Waals surface area contributed by atoms with Gasteiger partial charge in [-0.15, -0.1) is 0 Å². The second kappa shape index (κ2) is 8.34. The van der Waals surface area contributed by atoms with Crippen molar-refractivity contribution in [1.82, 2.24) is 5.32 Å². The number of amides is 1. The number of furan rings is 1. The first-order valence-electron chi connectivity index (χ1n) is 9.51. The van der Waals surface area contributed by atoms with Crippen LogP contribution in [0.25, 0.3) is 0 Å². The van der Waals surface area contributed by atoms with Crippen molar-refractivity contribution in [3.05, 3.63) is 89.4 Å². The maximum Gasteiger partial charge on any atom is 0.287 e. The van der Waals surface area contributed by atoms with Gasteiger partial charge in [-0.25, -0.2) is 0 Å². The molecule has 0 saturated carbocycles. The summed E-state index contributed by atoms with van der Waals surface area (Å²) in [6.07, 6.45) is 0. The molecule has 1 atom stereocenters. The number of nitrogens with one attached hydrogen (secondary N) is 1. The summed E-state index contributed by atoms with van der Waals surface area (Å²) in [5.41, 5.74) is 2.41. The molecular formula is C24H27NO3. The third kappa shape index (κ3) is 5.03. The second-order valence-electron chi connectivity index (χ2n) is 7.93. The minimum atomic E-state index is -0.239. The van der Waals surface area contributed by atoms with Gasteiger partial charge in [0.2, 0.25) is 0 Å². The Balaban J connectivity index is 1.56. The average Bonchev–Trinajstić information content (AvgIpc) is 3.16. The fraction of sp³-hybridized carbons (Fsp3) is 0.292. The van der Waals surface area contributed by atoms with Crippen LogP contribution in [0.2, 0.25) is 0 Å². The van der Waals surface area contributed by atoms with Crippen molar-refractivity contribution in [3.63, 3.8) is 0 Å². The fourth-order valence-electron chi connectivity index (χ4n) is 2.88. The first-order chi connectivity index (χ1) is 13.3. The second-order valence-corrected chi connectivity index (χ2v) is 7.93. The third-order valence-electron chi connectivity index (χ3n) is 4.63. The molecule has 146 valence electrons. The van der Waals surface area contributed by atoms with Gasteiger partial charge < -0.3 is 14.5 Å². The van der Waals surface area contributed by atoms with E-state index in [4.69, 9.17) is 9.15 Å². The highest BCUT2D eigenvalue weighted by atomic mass is 16.5. The van der Waals surface area contributed by atoms with Crippen molar-refractivity contribution < 1.29 is 13.9 Å². The molecule has 1 unspecified atom stereocenters. The Bertz CT molecular complexity index is 905. The highest BCUT2D eigenvalue weighted by molar-refractivity contribution is 5.91. The zero-order valence-corrected chi connectivity index (χ0v) is 16.9. The Morgan fingerprint density at radius 3 is 2.32 bits per heavy atom. The van der Waals surface area contributed by atoms with Crippen molar-refractivity contribution in [2.45, 2.75) is 45.8 Å². The smallest absolute Gasteiger partial charge is 0.287 e. The molecule has 4 nitrogen and oxygen atoms in total. The lowest BCUT2D eigenvalue weighted by molar-refractivity contribution is 0.0907. The van der Waals surface area contributed by atoms with Gasteiger partial charge in [-0.3, -0.25) is 4.79 Å². The van der Waals surface area contributed by atoms with Gasteiger partial charge in [-0.1, -0.05) is 63.2 Å². The van der Waals surface area contributed by atoms with E-state index >= 15 is 0 Å². The molecular weight excluding hydrogens is 350 g/mol. The summed E-state index contributed by atoms with van der Waals surface area (Å²) in [6.45, 7) is 8.75. The lowest BCUT2D eigenvalue weighted by Gasteiger charge is -2.19. The standard InChI is InChI=1S/C24H27NO3/c1-17(18-8-6-5-7-9-18)25-23(26)22-15-14-21(28-22)16-27-20-12-10-19(11-13-20)24(2,3)4/h5-15,17H,16H2,1-4H3,(H,25,26). The molecule has 0 bridgehead atoms. The highest BCUT2D eigenvalue weighted by Gasteiger charge is 2.16. The van der Waals surface area contributed by atoms with Crippen LogP contribution in [0, 0.1) is 0 Å². The normalized spacial score (nSPS) is 12.4. The molecule has 0 aliphatic rings. The summed E-state index contributed by atoms with van der Waals surface area (Å²) in [4.78, 5) is 12.4. The van der Waals surface area contributed by atoms with Gasteiger partial charge in [-0.2, -0.15) is 0 Å². The summed E-state index contributed by atoms with van der Waals surface area (Å²) in [5.74, 6) is 1.42. The molecule has 3 rings (SSSR count). The molecule has 0 radical (unpaired) electrons. The highest BCUT2D eigenvalue weighted by Crippen LogP contribution is 2.24. The van der Waals surface area contributed by atoms with Crippen LogP contribution in [0.5, 0.6) is 5.75 Å². The van der Waals surface area contributed by atoms with Crippen LogP contribution in [0.4, 0.5) is 0 Å². The van der Waals surface area contributed by atoms with Gasteiger partial charge in [0.1, 0.15) is 18.1 Å². The van der Waals surface area contributed by atoms with Crippen LogP contribution < -0.4 is 10.1 Å². The minimum Gasteiger partial charge on any atom is -0.486 e. The van der Waals surface area contributed by atoms with Crippen LogP contribution >= 0.6 is 0 Å². The number of hydrogen-bond acceptors (Lipinski definition) is 3. The topological polar surface area (TPSA) is 51.5 Å². The van der Waals surface area contributed by atoms with E-state index in [0.29, 0.717) is 5.76 Å². The lowest BCUT2D eigenvalue weighted by Crippen LogP contribution is -2.26. The minimum absolute atomic E-state index is 0.0974. The summed E-state index contributed by atoms with van der Waals surface area (Å²) in [5, 5.41) is 2.95. The Kier molecular flexibility index (Phi) is 5.88. The molecule has 0 aliphatic carbocycles. The monoisotopic (exact) mass is 377 g/mol. The quantitative estimate of drug-likeness (QED) is 0.604. The van der Waals surface area contributed by atoms with E-state index in [1.165, 1.54) is 5.56 Å². The van der Waals surface area contributed by atoms with Crippen LogP contribution in [-0.2, 0) is 12.0 Å². The van der Waals surface area contributed by atoms with Gasteiger partial charge in [0.15, 0.2) is 5.76 Å². The SMILES string of the molecule is CC(NC(=O)c1ccc(COc2ccc(C(C)(C)C)cc2)o1)c1ccccc1. The summed E-state index contributed by atoms with van der Waals surface area (Å²) in [6, 6.07) is 21.2. The largest absolute Gasteiger partial charge is 0.486 e. The van der Waals surface area contributed by atoms with Crippen molar-refractivity contribution >= 4 is 5.91 Å². The van der Waals surface area contributed by atoms with Crippen LogP contribution in [0.1, 0.15) is 61.2 Å². The van der Waals surface area contributed by atoms with Gasteiger partial charge in [0, 0.05) is 0 Å². The van der Waals surface area contributed by atoms with Gasteiger partial charge >= 0.3 is 0 Å². The van der Waals surface area contributed by atoms with Crippen molar-refractivity contribution in [3.8, 4) is 5.75 Å². The fourth-order valence-corrected chi connectivity index (χ4v) is 2.88. The van der Waals surface area contributed by atoms with E-state index < -0.39 is 0 Å². The van der Waals surface area contributed by atoms with Gasteiger partial charge in [0.25, 0.3) is 5.91 Å². The number of rotatable bonds is 6. The first-order valence-corrected chi connectivity index (χ1v) is 9.51. The van der Waals surface area contributed by atoms with E-state index in [1.807, 2.05) is 49.4 Å². The van der Waals surface area contributed by atoms with Crippen molar-refractivity contribution in [1.29, 1.82) is 0 Å². The Hall–Kier alpha value is -3.01. The lowest BCUT2D eigenvalue weighted by atomic mass is 9.87. The zero-order chi connectivity index (χ0) is 20.1.